The molecule has 0 N–H and O–H groups in total. The van der Waals surface area contributed by atoms with Crippen LogP contribution in [-0.4, -0.2) is 5.60 Å². The first kappa shape index (κ1) is 13.0. The van der Waals surface area contributed by atoms with Crippen LogP contribution in [-0.2, 0) is 4.74 Å². The highest BCUT2D eigenvalue weighted by molar-refractivity contribution is 4.98. The Labute approximate surface area is 95.6 Å². The minimum atomic E-state index is 0.158. The fourth-order valence-corrected chi connectivity index (χ4v) is 2.17. The van der Waals surface area contributed by atoms with Gasteiger partial charge < -0.3 is 4.74 Å². The Morgan fingerprint density at radius 3 is 2.33 bits per heavy atom. The average molecular weight is 211 g/mol. The summed E-state index contributed by atoms with van der Waals surface area (Å²) in [7, 11) is 0. The van der Waals surface area contributed by atoms with E-state index in [9.17, 15) is 0 Å². The van der Waals surface area contributed by atoms with Crippen molar-refractivity contribution >= 4 is 0 Å². The maximum absolute atomic E-state index is 5.27. The van der Waals surface area contributed by atoms with Gasteiger partial charge in [0.15, 0.2) is 0 Å². The summed E-state index contributed by atoms with van der Waals surface area (Å²) in [5, 5.41) is 0. The summed E-state index contributed by atoms with van der Waals surface area (Å²) in [6.45, 7) is 8.77. The predicted molar refractivity (Wildman–Crippen MR) is 65.6 cm³/mol. The molecule has 0 aromatic heterocycles. The van der Waals surface area contributed by atoms with Crippen molar-refractivity contribution < 1.29 is 4.74 Å². The minimum absolute atomic E-state index is 0.158. The summed E-state index contributed by atoms with van der Waals surface area (Å²) in [4.78, 5) is 0. The van der Waals surface area contributed by atoms with E-state index in [2.05, 4.69) is 20.8 Å². The van der Waals surface area contributed by atoms with E-state index >= 15 is 0 Å². The Balaban J connectivity index is 1.96. The van der Waals surface area contributed by atoms with Crippen LogP contribution in [0, 0.1) is 12.5 Å². The highest BCUT2D eigenvalue weighted by Crippen LogP contribution is 2.37. The largest absolute Gasteiger partial charge is 0.363 e. The van der Waals surface area contributed by atoms with Gasteiger partial charge in [0.1, 0.15) is 6.61 Å². The normalized spacial score (nSPS) is 26.6. The first-order valence-corrected chi connectivity index (χ1v) is 6.72. The predicted octanol–water partition coefficient (Wildman–Crippen LogP) is 4.71. The monoisotopic (exact) mass is 211 g/mol. The fraction of sp³-hybridized carbons (Fsp3) is 0.929. The molecule has 15 heavy (non-hydrogen) atoms. The summed E-state index contributed by atoms with van der Waals surface area (Å²) < 4.78 is 5.27. The molecular weight excluding hydrogens is 184 g/mol. The summed E-state index contributed by atoms with van der Waals surface area (Å²) in [5.74, 6) is 0.974. The quantitative estimate of drug-likeness (QED) is 0.397. The molecule has 1 fully saturated rings. The van der Waals surface area contributed by atoms with Crippen molar-refractivity contribution in [3.63, 3.8) is 0 Å². The zero-order valence-corrected chi connectivity index (χ0v) is 10.7. The van der Waals surface area contributed by atoms with Crippen molar-refractivity contribution in [2.75, 3.05) is 0 Å². The summed E-state index contributed by atoms with van der Waals surface area (Å²) in [5.41, 5.74) is 0.158. The molecule has 0 amide bonds. The maximum Gasteiger partial charge on any atom is 0.116 e. The van der Waals surface area contributed by atoms with Crippen molar-refractivity contribution in [2.45, 2.75) is 77.7 Å². The van der Waals surface area contributed by atoms with Crippen LogP contribution in [0.4, 0.5) is 0 Å². The average Bonchev–Trinajstić information content (AvgIpc) is 2.96. The van der Waals surface area contributed by atoms with Gasteiger partial charge in [-0.3, -0.25) is 0 Å². The van der Waals surface area contributed by atoms with Crippen molar-refractivity contribution in [1.29, 1.82) is 0 Å². The second-order valence-electron chi connectivity index (χ2n) is 5.21. The molecule has 1 heteroatoms. The third-order valence-corrected chi connectivity index (χ3v) is 3.60. The number of hydrogen-bond acceptors (Lipinski definition) is 1. The number of ether oxygens (including phenoxy) is 1. The van der Waals surface area contributed by atoms with E-state index in [0.29, 0.717) is 0 Å². The van der Waals surface area contributed by atoms with Gasteiger partial charge in [0, 0.05) is 0 Å². The summed E-state index contributed by atoms with van der Waals surface area (Å²) in [6.07, 6.45) is 10.9. The van der Waals surface area contributed by atoms with E-state index in [1.807, 2.05) is 6.61 Å². The summed E-state index contributed by atoms with van der Waals surface area (Å²) in [6, 6.07) is 0. The molecule has 89 valence electrons. The molecule has 0 spiro atoms. The van der Waals surface area contributed by atoms with Gasteiger partial charge in [0.25, 0.3) is 0 Å². The standard InChI is InChI=1S/C14H27O/c1-4-6-9-13(5-2)10-7-8-11-14(3)12-15-14/h12-13H,4-11H2,1-3H3. The van der Waals surface area contributed by atoms with Gasteiger partial charge in [0.05, 0.1) is 5.60 Å². The van der Waals surface area contributed by atoms with Crippen molar-refractivity contribution in [3.8, 4) is 0 Å². The molecule has 1 aliphatic rings. The van der Waals surface area contributed by atoms with E-state index in [1.165, 1.54) is 51.4 Å². The van der Waals surface area contributed by atoms with Crippen LogP contribution in [0.5, 0.6) is 0 Å². The lowest BCUT2D eigenvalue weighted by Crippen LogP contribution is -2.03. The molecule has 0 aromatic carbocycles. The summed E-state index contributed by atoms with van der Waals surface area (Å²) >= 11 is 0. The first-order valence-electron chi connectivity index (χ1n) is 6.72. The topological polar surface area (TPSA) is 12.5 Å². The van der Waals surface area contributed by atoms with E-state index in [-0.39, 0.29) is 5.60 Å². The number of unbranched alkanes of at least 4 members (excludes halogenated alkanes) is 2. The molecule has 2 unspecified atom stereocenters. The molecule has 1 rings (SSSR count). The molecule has 1 radical (unpaired) electrons. The van der Waals surface area contributed by atoms with Crippen LogP contribution in [0.15, 0.2) is 0 Å². The zero-order valence-electron chi connectivity index (χ0n) is 10.7. The Kier molecular flexibility index (Phi) is 5.66. The SMILES string of the molecule is CCCCC(CC)CCCCC1(C)[CH]O1. The van der Waals surface area contributed by atoms with Gasteiger partial charge in [-0.15, -0.1) is 0 Å². The lowest BCUT2D eigenvalue weighted by Gasteiger charge is -2.14. The third kappa shape index (κ3) is 5.55. The highest BCUT2D eigenvalue weighted by Gasteiger charge is 2.39. The molecular formula is C14H27O. The first-order chi connectivity index (χ1) is 7.20. The van der Waals surface area contributed by atoms with E-state index in [1.54, 1.807) is 0 Å². The second-order valence-corrected chi connectivity index (χ2v) is 5.21. The molecule has 1 aliphatic heterocycles. The van der Waals surface area contributed by atoms with Gasteiger partial charge in [-0.05, 0) is 19.3 Å². The lowest BCUT2D eigenvalue weighted by molar-refractivity contribution is 0.300. The second kappa shape index (κ2) is 6.52. The maximum atomic E-state index is 5.27. The minimum Gasteiger partial charge on any atom is -0.363 e. The van der Waals surface area contributed by atoms with E-state index < -0.39 is 0 Å². The van der Waals surface area contributed by atoms with Gasteiger partial charge in [-0.25, -0.2) is 0 Å². The van der Waals surface area contributed by atoms with Crippen molar-refractivity contribution in [3.05, 3.63) is 6.61 Å². The Morgan fingerprint density at radius 2 is 1.80 bits per heavy atom. The van der Waals surface area contributed by atoms with Crippen molar-refractivity contribution in [1.82, 2.24) is 0 Å². The van der Waals surface area contributed by atoms with Gasteiger partial charge in [-0.1, -0.05) is 58.8 Å². The number of epoxide rings is 1. The molecule has 2 atom stereocenters. The van der Waals surface area contributed by atoms with Crippen LogP contribution in [0.2, 0.25) is 0 Å². The van der Waals surface area contributed by atoms with Crippen LogP contribution >= 0.6 is 0 Å². The van der Waals surface area contributed by atoms with Crippen LogP contribution in [0.1, 0.15) is 72.1 Å². The van der Waals surface area contributed by atoms with Gasteiger partial charge in [0.2, 0.25) is 0 Å². The van der Waals surface area contributed by atoms with Crippen molar-refractivity contribution in [2.24, 2.45) is 5.92 Å². The number of hydrogen-bond donors (Lipinski definition) is 0. The van der Waals surface area contributed by atoms with Crippen LogP contribution in [0.25, 0.3) is 0 Å². The zero-order chi connectivity index (χ0) is 11.1. The molecule has 1 heterocycles. The molecule has 0 aliphatic carbocycles. The van der Waals surface area contributed by atoms with Crippen LogP contribution < -0.4 is 0 Å². The van der Waals surface area contributed by atoms with Gasteiger partial charge in [-0.2, -0.15) is 0 Å². The third-order valence-electron chi connectivity index (χ3n) is 3.60. The van der Waals surface area contributed by atoms with Gasteiger partial charge >= 0.3 is 0 Å². The molecule has 1 saturated heterocycles. The highest BCUT2D eigenvalue weighted by atomic mass is 16.6. The molecule has 0 bridgehead atoms. The van der Waals surface area contributed by atoms with E-state index in [4.69, 9.17) is 4.74 Å². The molecule has 0 saturated carbocycles. The lowest BCUT2D eigenvalue weighted by atomic mass is 9.92. The van der Waals surface area contributed by atoms with E-state index in [0.717, 1.165) is 5.92 Å². The van der Waals surface area contributed by atoms with Crippen LogP contribution in [0.3, 0.4) is 0 Å². The molecule has 0 aromatic rings. The fourth-order valence-electron chi connectivity index (χ4n) is 2.17. The smallest absolute Gasteiger partial charge is 0.116 e. The number of rotatable bonds is 9. The Hall–Kier alpha value is -0.0400. The Morgan fingerprint density at radius 1 is 1.13 bits per heavy atom. The molecule has 1 nitrogen and oxygen atoms in total. The Bertz CT molecular complexity index is 161.